The fraction of sp³-hybridized carbons (Fsp3) is 1.00. The molecule has 4 unspecified atom stereocenters. The van der Waals surface area contributed by atoms with Crippen LogP contribution >= 0.6 is 0 Å². The molecule has 0 aliphatic carbocycles. The van der Waals surface area contributed by atoms with E-state index in [9.17, 15) is 0 Å². The molecule has 4 atom stereocenters. The van der Waals surface area contributed by atoms with Crippen LogP contribution in [0.1, 0.15) is 53.4 Å². The minimum absolute atomic E-state index is 0.591. The van der Waals surface area contributed by atoms with E-state index in [-0.39, 0.29) is 0 Å². The zero-order valence-corrected chi connectivity index (χ0v) is 13.6. The summed E-state index contributed by atoms with van der Waals surface area (Å²) in [6, 6.07) is 1.91. The number of ether oxygens (including phenoxy) is 1. The van der Waals surface area contributed by atoms with Crippen LogP contribution < -0.4 is 5.32 Å². The first-order valence-electron chi connectivity index (χ1n) is 8.15. The molecule has 1 aliphatic rings. The number of nitrogens with one attached hydrogen (secondary N) is 1. The molecule has 1 fully saturated rings. The van der Waals surface area contributed by atoms with E-state index < -0.39 is 0 Å². The second kappa shape index (κ2) is 8.93. The lowest BCUT2D eigenvalue weighted by Gasteiger charge is -2.46. The van der Waals surface area contributed by atoms with E-state index in [1.807, 2.05) is 7.11 Å². The minimum atomic E-state index is 0.591. The zero-order valence-electron chi connectivity index (χ0n) is 13.6. The van der Waals surface area contributed by atoms with Crippen molar-refractivity contribution in [3.05, 3.63) is 0 Å². The minimum Gasteiger partial charge on any atom is -0.383 e. The topological polar surface area (TPSA) is 24.5 Å². The first-order chi connectivity index (χ1) is 9.17. The van der Waals surface area contributed by atoms with Crippen LogP contribution in [-0.2, 0) is 4.74 Å². The fourth-order valence-electron chi connectivity index (χ4n) is 3.21. The summed E-state index contributed by atoms with van der Waals surface area (Å²) in [5.74, 6) is 0.755. The van der Waals surface area contributed by atoms with E-state index >= 15 is 0 Å². The van der Waals surface area contributed by atoms with Crippen LogP contribution in [0, 0.1) is 5.92 Å². The maximum absolute atomic E-state index is 5.46. The molecule has 0 spiro atoms. The van der Waals surface area contributed by atoms with Gasteiger partial charge < -0.3 is 10.1 Å². The van der Waals surface area contributed by atoms with Crippen molar-refractivity contribution in [3.8, 4) is 0 Å². The summed E-state index contributed by atoms with van der Waals surface area (Å²) in [7, 11) is 1.83. The summed E-state index contributed by atoms with van der Waals surface area (Å²) < 4.78 is 5.46. The Kier molecular flexibility index (Phi) is 7.96. The molecule has 1 saturated heterocycles. The second-order valence-electron chi connectivity index (χ2n) is 6.06. The number of methoxy groups -OCH3 is 1. The lowest BCUT2D eigenvalue weighted by atomic mass is 9.93. The fourth-order valence-corrected chi connectivity index (χ4v) is 3.21. The molecule has 0 aromatic carbocycles. The molecule has 0 aromatic rings. The smallest absolute Gasteiger partial charge is 0.0618 e. The largest absolute Gasteiger partial charge is 0.383 e. The summed E-state index contributed by atoms with van der Waals surface area (Å²) in [4.78, 5) is 2.72. The summed E-state index contributed by atoms with van der Waals surface area (Å²) in [5.41, 5.74) is 0. The molecule has 0 saturated carbocycles. The highest BCUT2D eigenvalue weighted by atomic mass is 16.5. The Hall–Kier alpha value is -0.120. The van der Waals surface area contributed by atoms with Gasteiger partial charge in [0, 0.05) is 38.3 Å². The Morgan fingerprint density at radius 1 is 1.32 bits per heavy atom. The van der Waals surface area contributed by atoms with Crippen molar-refractivity contribution in [3.63, 3.8) is 0 Å². The van der Waals surface area contributed by atoms with Crippen molar-refractivity contribution in [2.24, 2.45) is 5.92 Å². The average molecular weight is 270 g/mol. The van der Waals surface area contributed by atoms with Gasteiger partial charge in [-0.1, -0.05) is 40.5 Å². The number of hydrogen-bond acceptors (Lipinski definition) is 3. The van der Waals surface area contributed by atoms with Crippen molar-refractivity contribution >= 4 is 0 Å². The molecule has 3 nitrogen and oxygen atoms in total. The van der Waals surface area contributed by atoms with Gasteiger partial charge in [0.15, 0.2) is 0 Å². The molecule has 1 N–H and O–H groups in total. The molecule has 1 rings (SSSR count). The quantitative estimate of drug-likeness (QED) is 0.734. The van der Waals surface area contributed by atoms with Crippen LogP contribution in [0.25, 0.3) is 0 Å². The molecule has 19 heavy (non-hydrogen) atoms. The van der Waals surface area contributed by atoms with Gasteiger partial charge >= 0.3 is 0 Å². The highest BCUT2D eigenvalue weighted by Gasteiger charge is 2.33. The van der Waals surface area contributed by atoms with E-state index in [4.69, 9.17) is 4.74 Å². The van der Waals surface area contributed by atoms with Crippen LogP contribution in [0.5, 0.6) is 0 Å². The molecule has 0 aromatic heterocycles. The van der Waals surface area contributed by atoms with Crippen molar-refractivity contribution in [2.45, 2.75) is 71.5 Å². The number of hydrogen-bond donors (Lipinski definition) is 1. The first kappa shape index (κ1) is 16.9. The lowest BCUT2D eigenvalue weighted by molar-refractivity contribution is 0.0195. The highest BCUT2D eigenvalue weighted by molar-refractivity contribution is 4.91. The Morgan fingerprint density at radius 2 is 2.05 bits per heavy atom. The van der Waals surface area contributed by atoms with E-state index in [1.165, 1.54) is 32.2 Å². The first-order valence-corrected chi connectivity index (χ1v) is 8.15. The Morgan fingerprint density at radius 3 is 2.58 bits per heavy atom. The zero-order chi connectivity index (χ0) is 14.3. The molecule has 3 heteroatoms. The Balaban J connectivity index is 2.71. The summed E-state index contributed by atoms with van der Waals surface area (Å²) in [5, 5.41) is 3.76. The van der Waals surface area contributed by atoms with E-state index in [0.29, 0.717) is 18.1 Å². The van der Waals surface area contributed by atoms with Gasteiger partial charge in [0.25, 0.3) is 0 Å². The highest BCUT2D eigenvalue weighted by Crippen LogP contribution is 2.21. The second-order valence-corrected chi connectivity index (χ2v) is 6.06. The van der Waals surface area contributed by atoms with Gasteiger partial charge in [0.2, 0.25) is 0 Å². The van der Waals surface area contributed by atoms with Gasteiger partial charge in [-0.15, -0.1) is 0 Å². The van der Waals surface area contributed by atoms with Crippen LogP contribution in [0.4, 0.5) is 0 Å². The van der Waals surface area contributed by atoms with Gasteiger partial charge in [-0.2, -0.15) is 0 Å². The lowest BCUT2D eigenvalue weighted by Crippen LogP contribution is -2.61. The molecular formula is C16H34N2O. The molecular weight excluding hydrogens is 236 g/mol. The average Bonchev–Trinajstić information content (AvgIpc) is 2.45. The number of piperazine rings is 1. The van der Waals surface area contributed by atoms with Gasteiger partial charge in [-0.25, -0.2) is 0 Å². The van der Waals surface area contributed by atoms with E-state index in [1.54, 1.807) is 0 Å². The van der Waals surface area contributed by atoms with Crippen LogP contribution in [-0.4, -0.2) is 49.8 Å². The maximum Gasteiger partial charge on any atom is 0.0618 e. The third kappa shape index (κ3) is 4.73. The Labute approximate surface area is 120 Å². The third-order valence-corrected chi connectivity index (χ3v) is 4.74. The van der Waals surface area contributed by atoms with E-state index in [2.05, 4.69) is 37.9 Å². The normalized spacial score (nSPS) is 28.3. The molecule has 114 valence electrons. The predicted octanol–water partition coefficient (Wildman–Crippen LogP) is 2.90. The van der Waals surface area contributed by atoms with Gasteiger partial charge in [-0.05, 0) is 18.8 Å². The molecule has 0 radical (unpaired) electrons. The summed E-state index contributed by atoms with van der Waals surface area (Å²) >= 11 is 0. The van der Waals surface area contributed by atoms with Crippen LogP contribution in [0.3, 0.4) is 0 Å². The summed E-state index contributed by atoms with van der Waals surface area (Å²) in [6.07, 6.45) is 4.97. The van der Waals surface area contributed by atoms with Gasteiger partial charge in [0.1, 0.15) is 0 Å². The SMILES string of the molecule is CCCC(COC)N1CC(C(C)CC)NCC1CC. The molecule has 1 aliphatic heterocycles. The molecule has 0 amide bonds. The number of nitrogens with zero attached hydrogens (tertiary/aromatic N) is 1. The predicted molar refractivity (Wildman–Crippen MR) is 82.6 cm³/mol. The maximum atomic E-state index is 5.46. The van der Waals surface area contributed by atoms with Crippen molar-refractivity contribution < 1.29 is 4.74 Å². The molecule has 1 heterocycles. The number of rotatable bonds is 8. The van der Waals surface area contributed by atoms with Crippen LogP contribution in [0.15, 0.2) is 0 Å². The van der Waals surface area contributed by atoms with Crippen molar-refractivity contribution in [2.75, 3.05) is 26.8 Å². The Bertz CT molecular complexity index is 229. The monoisotopic (exact) mass is 270 g/mol. The van der Waals surface area contributed by atoms with E-state index in [0.717, 1.165) is 19.1 Å². The third-order valence-electron chi connectivity index (χ3n) is 4.74. The van der Waals surface area contributed by atoms with Gasteiger partial charge in [-0.3, -0.25) is 4.90 Å². The van der Waals surface area contributed by atoms with Gasteiger partial charge in [0.05, 0.1) is 6.61 Å². The van der Waals surface area contributed by atoms with Crippen LogP contribution in [0.2, 0.25) is 0 Å². The van der Waals surface area contributed by atoms with Crippen molar-refractivity contribution in [1.29, 1.82) is 0 Å². The molecule has 0 bridgehead atoms. The summed E-state index contributed by atoms with van der Waals surface area (Å²) in [6.45, 7) is 12.4. The van der Waals surface area contributed by atoms with Crippen molar-refractivity contribution in [1.82, 2.24) is 10.2 Å². The standard InChI is InChI=1S/C16H34N2O/c1-6-9-15(12-19-5)18-11-16(13(4)7-2)17-10-14(18)8-3/h13-17H,6-12H2,1-5H3.